The zero-order chi connectivity index (χ0) is 21.6. The minimum absolute atomic E-state index is 0.263. The van der Waals surface area contributed by atoms with Crippen LogP contribution < -0.4 is 15.5 Å². The van der Waals surface area contributed by atoms with Crippen molar-refractivity contribution in [3.63, 3.8) is 0 Å². The van der Waals surface area contributed by atoms with Gasteiger partial charge in [0.25, 0.3) is 0 Å². The fraction of sp³-hybridized carbons (Fsp3) is 0.320. The van der Waals surface area contributed by atoms with Crippen molar-refractivity contribution < 1.29 is 4.79 Å². The Bertz CT molecular complexity index is 1020. The number of anilines is 3. The lowest BCUT2D eigenvalue weighted by Crippen LogP contribution is -2.25. The van der Waals surface area contributed by atoms with Crippen LogP contribution in [-0.4, -0.2) is 29.3 Å². The molecule has 4 rings (SSSR count). The molecule has 2 heterocycles. The van der Waals surface area contributed by atoms with Crippen molar-refractivity contribution in [2.24, 2.45) is 0 Å². The molecule has 160 valence electrons. The normalized spacial score (nSPS) is 14.1. The fourth-order valence-electron chi connectivity index (χ4n) is 3.91. The van der Waals surface area contributed by atoms with Crippen molar-refractivity contribution in [1.82, 2.24) is 10.2 Å². The first kappa shape index (κ1) is 20.8. The maximum absolute atomic E-state index is 12.3. The number of nitrogens with one attached hydrogen (secondary N) is 2. The van der Waals surface area contributed by atoms with Crippen molar-refractivity contribution in [3.05, 3.63) is 65.7 Å². The van der Waals surface area contributed by atoms with E-state index in [0.717, 1.165) is 47.1 Å². The number of amides is 2. The van der Waals surface area contributed by atoms with E-state index in [4.69, 9.17) is 0 Å². The standard InChI is InChI=1S/C25H29N5O/c1-18-7-12-22(19(2)17-18)27-25(31)26-21-10-8-20(9-11-21)23-13-14-24(29-28-23)30-15-5-3-4-6-16-30/h7-14,17H,3-6,15-16H2,1-2H3,(H2,26,27,31). The highest BCUT2D eigenvalue weighted by Crippen LogP contribution is 2.23. The zero-order valence-electron chi connectivity index (χ0n) is 18.2. The van der Waals surface area contributed by atoms with Gasteiger partial charge < -0.3 is 15.5 Å². The van der Waals surface area contributed by atoms with E-state index in [0.29, 0.717) is 0 Å². The first-order valence-electron chi connectivity index (χ1n) is 10.9. The fourth-order valence-corrected chi connectivity index (χ4v) is 3.91. The number of aromatic nitrogens is 2. The molecule has 0 spiro atoms. The van der Waals surface area contributed by atoms with Crippen LogP contribution in [-0.2, 0) is 0 Å². The molecule has 1 aliphatic heterocycles. The van der Waals surface area contributed by atoms with Crippen LogP contribution >= 0.6 is 0 Å². The first-order valence-corrected chi connectivity index (χ1v) is 10.9. The number of hydrogen-bond acceptors (Lipinski definition) is 4. The molecule has 0 aliphatic carbocycles. The van der Waals surface area contributed by atoms with Gasteiger partial charge >= 0.3 is 6.03 Å². The quantitative estimate of drug-likeness (QED) is 0.566. The summed E-state index contributed by atoms with van der Waals surface area (Å²) in [4.78, 5) is 14.7. The second-order valence-corrected chi connectivity index (χ2v) is 8.15. The molecule has 1 fully saturated rings. The van der Waals surface area contributed by atoms with Gasteiger partial charge in [0.15, 0.2) is 5.82 Å². The SMILES string of the molecule is Cc1ccc(NC(=O)Nc2ccc(-c3ccc(N4CCCCCC4)nn3)cc2)c(C)c1. The number of hydrogen-bond donors (Lipinski definition) is 2. The van der Waals surface area contributed by atoms with Crippen LogP contribution in [0, 0.1) is 13.8 Å². The van der Waals surface area contributed by atoms with Gasteiger partial charge in [-0.3, -0.25) is 0 Å². The molecule has 1 saturated heterocycles. The molecule has 0 atom stereocenters. The Morgan fingerprint density at radius 3 is 2.23 bits per heavy atom. The van der Waals surface area contributed by atoms with E-state index in [1.165, 1.54) is 31.2 Å². The second kappa shape index (κ2) is 9.60. The molecule has 0 radical (unpaired) electrons. The van der Waals surface area contributed by atoms with Gasteiger partial charge in [0, 0.05) is 30.0 Å². The molecule has 0 bridgehead atoms. The predicted octanol–water partition coefficient (Wildman–Crippen LogP) is 5.78. The maximum Gasteiger partial charge on any atom is 0.323 e. The monoisotopic (exact) mass is 415 g/mol. The molecule has 2 aromatic carbocycles. The zero-order valence-corrected chi connectivity index (χ0v) is 18.2. The van der Waals surface area contributed by atoms with Crippen molar-refractivity contribution in [2.45, 2.75) is 39.5 Å². The third kappa shape index (κ3) is 5.40. The van der Waals surface area contributed by atoms with Gasteiger partial charge in [-0.1, -0.05) is 42.7 Å². The largest absolute Gasteiger partial charge is 0.355 e. The maximum atomic E-state index is 12.3. The third-order valence-electron chi connectivity index (χ3n) is 5.65. The van der Waals surface area contributed by atoms with E-state index in [-0.39, 0.29) is 6.03 Å². The Morgan fingerprint density at radius 2 is 1.58 bits per heavy atom. The van der Waals surface area contributed by atoms with Gasteiger partial charge in [-0.15, -0.1) is 10.2 Å². The second-order valence-electron chi connectivity index (χ2n) is 8.15. The van der Waals surface area contributed by atoms with Crippen LogP contribution in [0.2, 0.25) is 0 Å². The Kier molecular flexibility index (Phi) is 6.46. The van der Waals surface area contributed by atoms with Crippen molar-refractivity contribution in [2.75, 3.05) is 28.6 Å². The van der Waals surface area contributed by atoms with Crippen LogP contribution in [0.15, 0.2) is 54.6 Å². The van der Waals surface area contributed by atoms with Gasteiger partial charge in [-0.2, -0.15) is 0 Å². The molecule has 2 N–H and O–H groups in total. The molecule has 6 heteroatoms. The Balaban J connectivity index is 1.38. The van der Waals surface area contributed by atoms with Crippen LogP contribution in [0.5, 0.6) is 0 Å². The number of aryl methyl sites for hydroxylation is 2. The van der Waals surface area contributed by atoms with Gasteiger partial charge in [-0.05, 0) is 62.6 Å². The number of nitrogens with zero attached hydrogens (tertiary/aromatic N) is 3. The summed E-state index contributed by atoms with van der Waals surface area (Å²) in [6.45, 7) is 6.12. The van der Waals surface area contributed by atoms with E-state index in [9.17, 15) is 4.79 Å². The molecule has 0 saturated carbocycles. The minimum atomic E-state index is -0.263. The molecule has 31 heavy (non-hydrogen) atoms. The summed E-state index contributed by atoms with van der Waals surface area (Å²) in [5, 5.41) is 14.6. The Hall–Kier alpha value is -3.41. The molecule has 1 aliphatic rings. The predicted molar refractivity (Wildman–Crippen MR) is 127 cm³/mol. The van der Waals surface area contributed by atoms with Gasteiger partial charge in [0.1, 0.15) is 0 Å². The number of rotatable bonds is 4. The Morgan fingerprint density at radius 1 is 0.839 bits per heavy atom. The number of carbonyl (C=O) groups is 1. The molecule has 2 amide bonds. The average Bonchev–Trinajstić information content (AvgIpc) is 3.06. The number of carbonyl (C=O) groups excluding carboxylic acids is 1. The van der Waals surface area contributed by atoms with Gasteiger partial charge in [0.2, 0.25) is 0 Å². The summed E-state index contributed by atoms with van der Waals surface area (Å²) in [5.41, 5.74) is 5.52. The number of benzene rings is 2. The molecule has 6 nitrogen and oxygen atoms in total. The van der Waals surface area contributed by atoms with E-state index < -0.39 is 0 Å². The van der Waals surface area contributed by atoms with Gasteiger partial charge in [0.05, 0.1) is 5.69 Å². The van der Waals surface area contributed by atoms with E-state index in [2.05, 4.69) is 31.8 Å². The van der Waals surface area contributed by atoms with Crippen molar-refractivity contribution in [1.29, 1.82) is 0 Å². The molecule has 3 aromatic rings. The average molecular weight is 416 g/mol. The minimum Gasteiger partial charge on any atom is -0.355 e. The van der Waals surface area contributed by atoms with E-state index in [1.54, 1.807) is 0 Å². The highest BCUT2D eigenvalue weighted by Gasteiger charge is 2.12. The smallest absolute Gasteiger partial charge is 0.323 e. The van der Waals surface area contributed by atoms with E-state index in [1.807, 2.05) is 62.4 Å². The lowest BCUT2D eigenvalue weighted by molar-refractivity contribution is 0.262. The number of urea groups is 1. The van der Waals surface area contributed by atoms with Crippen molar-refractivity contribution in [3.8, 4) is 11.3 Å². The molecular formula is C25H29N5O. The van der Waals surface area contributed by atoms with Crippen LogP contribution in [0.4, 0.5) is 22.0 Å². The lowest BCUT2D eigenvalue weighted by Gasteiger charge is -2.20. The van der Waals surface area contributed by atoms with Crippen LogP contribution in [0.25, 0.3) is 11.3 Å². The molecule has 1 aromatic heterocycles. The third-order valence-corrected chi connectivity index (χ3v) is 5.65. The van der Waals surface area contributed by atoms with Crippen LogP contribution in [0.1, 0.15) is 36.8 Å². The molecular weight excluding hydrogens is 386 g/mol. The van der Waals surface area contributed by atoms with Crippen LogP contribution in [0.3, 0.4) is 0 Å². The summed E-state index contributed by atoms with van der Waals surface area (Å²) in [5.74, 6) is 0.951. The highest BCUT2D eigenvalue weighted by atomic mass is 16.2. The van der Waals surface area contributed by atoms with E-state index >= 15 is 0 Å². The topological polar surface area (TPSA) is 70.2 Å². The lowest BCUT2D eigenvalue weighted by atomic mass is 10.1. The summed E-state index contributed by atoms with van der Waals surface area (Å²) < 4.78 is 0. The summed E-state index contributed by atoms with van der Waals surface area (Å²) >= 11 is 0. The highest BCUT2D eigenvalue weighted by molar-refractivity contribution is 6.00. The summed E-state index contributed by atoms with van der Waals surface area (Å²) in [7, 11) is 0. The van der Waals surface area contributed by atoms with Crippen molar-refractivity contribution >= 4 is 23.2 Å². The summed E-state index contributed by atoms with van der Waals surface area (Å²) in [6.07, 6.45) is 5.03. The molecule has 0 unspecified atom stereocenters. The summed E-state index contributed by atoms with van der Waals surface area (Å²) in [6, 6.07) is 17.4. The van der Waals surface area contributed by atoms with Gasteiger partial charge in [-0.25, -0.2) is 4.79 Å². The Labute approximate surface area is 183 Å². The first-order chi connectivity index (χ1) is 15.1.